The molecule has 0 spiro atoms. The van der Waals surface area contributed by atoms with Crippen LogP contribution >= 0.6 is 15.8 Å². The first-order valence-corrected chi connectivity index (χ1v) is 12.8. The van der Waals surface area contributed by atoms with Crippen molar-refractivity contribution in [3.05, 3.63) is 60.7 Å². The first-order valence-electron chi connectivity index (χ1n) is 7.42. The quantitative estimate of drug-likeness (QED) is 0.500. The maximum absolute atomic E-state index is 2.23. The van der Waals surface area contributed by atoms with E-state index >= 15 is 0 Å². The van der Waals surface area contributed by atoms with Crippen molar-refractivity contribution in [3.8, 4) is 0 Å². The van der Waals surface area contributed by atoms with E-state index in [1.54, 1.807) is 0 Å². The smallest absolute Gasteiger partial charge is 0 e. The van der Waals surface area contributed by atoms with Crippen LogP contribution in [-0.2, 0) is 20.4 Å². The molecule has 0 aromatic heterocycles. The normalized spacial score (nSPS) is 8.87. The molecule has 0 aliphatic carbocycles. The molecule has 0 nitrogen and oxygen atoms in total. The zero-order valence-corrected chi connectivity index (χ0v) is 18.5. The van der Waals surface area contributed by atoms with E-state index in [4.69, 9.17) is 0 Å². The van der Waals surface area contributed by atoms with Gasteiger partial charge in [-0.1, -0.05) is 0 Å². The summed E-state index contributed by atoms with van der Waals surface area (Å²) in [6, 6.07) is 20.6. The van der Waals surface area contributed by atoms with Gasteiger partial charge in [-0.2, -0.15) is 0 Å². The van der Waals surface area contributed by atoms with Gasteiger partial charge in [-0.15, -0.1) is 15.8 Å². The van der Waals surface area contributed by atoms with Crippen LogP contribution in [0.4, 0.5) is 0 Å². The largest absolute Gasteiger partial charge is 0.116 e. The molecule has 0 saturated carbocycles. The maximum atomic E-state index is 2.23. The van der Waals surface area contributed by atoms with Gasteiger partial charge in [0.25, 0.3) is 0 Å². The Morgan fingerprint density at radius 3 is 0.957 bits per heavy atom. The van der Waals surface area contributed by atoms with E-state index < -0.39 is 0 Å². The topological polar surface area (TPSA) is 0 Å². The minimum absolute atomic E-state index is 0. The summed E-state index contributed by atoms with van der Waals surface area (Å²) in [5, 5.41) is 0. The molecule has 0 unspecified atom stereocenters. The van der Waals surface area contributed by atoms with Gasteiger partial charge in [0, 0.05) is 20.4 Å². The van der Waals surface area contributed by atoms with Crippen LogP contribution in [0.1, 0.15) is 0 Å². The van der Waals surface area contributed by atoms with Crippen LogP contribution in [0.3, 0.4) is 0 Å². The molecule has 0 amide bonds. The molecular formula is C18H28B2P2Pd. The monoisotopic (exact) mass is 434 g/mol. The van der Waals surface area contributed by atoms with Gasteiger partial charge in [-0.05, 0) is 40.0 Å². The van der Waals surface area contributed by atoms with Gasteiger partial charge in [-0.3, -0.25) is 0 Å². The fourth-order valence-corrected chi connectivity index (χ4v) is 1.32. The molecule has 2 rings (SSSR count). The molecule has 0 atom stereocenters. The third kappa shape index (κ3) is 20.0. The van der Waals surface area contributed by atoms with Crippen LogP contribution in [0.25, 0.3) is 0 Å². The van der Waals surface area contributed by atoms with Crippen LogP contribution in [0, 0.1) is 0 Å². The Hall–Kier alpha value is 0.0922. The third-order valence-corrected chi connectivity index (χ3v) is 2.07. The molecule has 23 heavy (non-hydrogen) atoms. The van der Waals surface area contributed by atoms with E-state index in [0.29, 0.717) is 15.8 Å². The molecule has 0 aliphatic heterocycles. The van der Waals surface area contributed by atoms with Crippen molar-refractivity contribution in [2.24, 2.45) is 0 Å². The zero-order chi connectivity index (χ0) is 16.8. The van der Waals surface area contributed by atoms with Crippen molar-refractivity contribution in [2.45, 2.75) is 0 Å². The summed E-state index contributed by atoms with van der Waals surface area (Å²) in [5.41, 5.74) is 2.47. The average molecular weight is 434 g/mol. The minimum Gasteiger partial charge on any atom is -0.116 e. The number of benzene rings is 2. The first-order chi connectivity index (χ1) is 10.4. The summed E-state index contributed by atoms with van der Waals surface area (Å²) in [5.74, 6) is 0. The van der Waals surface area contributed by atoms with Gasteiger partial charge in [0.15, 0.2) is 0 Å². The van der Waals surface area contributed by atoms with Gasteiger partial charge in [0.1, 0.15) is 0 Å². The van der Waals surface area contributed by atoms with E-state index in [2.05, 4.69) is 77.9 Å². The van der Waals surface area contributed by atoms with Gasteiger partial charge >= 0.3 is 85.2 Å². The summed E-state index contributed by atoms with van der Waals surface area (Å²) in [7, 11) is 0.759. The maximum Gasteiger partial charge on any atom is 0 e. The van der Waals surface area contributed by atoms with Crippen molar-refractivity contribution in [1.29, 1.82) is 0 Å². The van der Waals surface area contributed by atoms with Crippen molar-refractivity contribution >= 4 is 40.4 Å². The summed E-state index contributed by atoms with van der Waals surface area (Å²) in [4.78, 5) is 0. The van der Waals surface area contributed by atoms with Crippen molar-refractivity contribution < 1.29 is 20.4 Å². The molecular weight excluding hydrogens is 406 g/mol. The zero-order valence-electron chi connectivity index (χ0n) is 15.1. The summed E-state index contributed by atoms with van der Waals surface area (Å²) in [6.45, 7) is 17.6. The Morgan fingerprint density at radius 2 is 0.739 bits per heavy atom. The van der Waals surface area contributed by atoms with E-state index in [9.17, 15) is 0 Å². The summed E-state index contributed by atoms with van der Waals surface area (Å²) < 4.78 is 0. The Balaban J connectivity index is 0. The van der Waals surface area contributed by atoms with Gasteiger partial charge in [-0.25, -0.2) is 0 Å². The Bertz CT molecular complexity index is 450. The SMILES string of the molecule is B(=Bc1ccccc1)c1ccccc1.CP(C)C.CP(C)C.[Pd]. The summed E-state index contributed by atoms with van der Waals surface area (Å²) >= 11 is 0. The second-order valence-corrected chi connectivity index (χ2v) is 11.2. The second-order valence-electron chi connectivity index (χ2n) is 5.84. The molecule has 0 saturated heterocycles. The predicted molar refractivity (Wildman–Crippen MR) is 113 cm³/mol. The predicted octanol–water partition coefficient (Wildman–Crippen LogP) is 3.67. The summed E-state index contributed by atoms with van der Waals surface area (Å²) in [6.07, 6.45) is 0. The standard InChI is InChI=1S/C12H10B2.2C3H9P.Pd/c1-3-7-11(8-4-1)13-14-12-9-5-2-6-10-12;2*1-4(2)3;/h1-10H;2*1-3H3;. The molecule has 0 bridgehead atoms. The van der Waals surface area contributed by atoms with E-state index in [0.717, 1.165) is 0 Å². The average Bonchev–Trinajstić information content (AvgIpc) is 2.46. The molecule has 0 heterocycles. The van der Waals surface area contributed by atoms with Gasteiger partial charge < -0.3 is 0 Å². The molecule has 0 radical (unpaired) electrons. The van der Waals surface area contributed by atoms with Crippen molar-refractivity contribution in [3.63, 3.8) is 0 Å². The molecule has 126 valence electrons. The third-order valence-electron chi connectivity index (χ3n) is 2.07. The Morgan fingerprint density at radius 1 is 0.522 bits per heavy atom. The molecule has 2 aromatic rings. The molecule has 0 fully saturated rings. The first kappa shape index (κ1) is 25.3. The van der Waals surface area contributed by atoms with Crippen molar-refractivity contribution in [2.75, 3.05) is 40.0 Å². The van der Waals surface area contributed by atoms with E-state index in [1.807, 2.05) is 36.4 Å². The fraction of sp³-hybridized carbons (Fsp3) is 0.333. The Kier molecular flexibility index (Phi) is 18.7. The molecule has 2 aromatic carbocycles. The Labute approximate surface area is 161 Å². The number of hydrogen-bond donors (Lipinski definition) is 0. The number of rotatable bonds is 2. The molecule has 5 heteroatoms. The number of hydrogen-bond acceptors (Lipinski definition) is 0. The van der Waals surface area contributed by atoms with Gasteiger partial charge in [0.2, 0.25) is 0 Å². The van der Waals surface area contributed by atoms with Crippen LogP contribution in [-0.4, -0.2) is 53.6 Å². The molecule has 0 N–H and O–H groups in total. The van der Waals surface area contributed by atoms with Crippen LogP contribution in [0.15, 0.2) is 60.7 Å². The van der Waals surface area contributed by atoms with Crippen molar-refractivity contribution in [1.82, 2.24) is 0 Å². The van der Waals surface area contributed by atoms with Crippen LogP contribution in [0.2, 0.25) is 0 Å². The van der Waals surface area contributed by atoms with Crippen LogP contribution in [0.5, 0.6) is 0 Å². The second kappa shape index (κ2) is 16.9. The molecule has 0 aliphatic rings. The van der Waals surface area contributed by atoms with E-state index in [1.165, 1.54) is 10.9 Å². The van der Waals surface area contributed by atoms with Gasteiger partial charge in [0.05, 0.1) is 0 Å². The van der Waals surface area contributed by atoms with E-state index in [-0.39, 0.29) is 20.4 Å². The fourth-order valence-electron chi connectivity index (χ4n) is 1.32. The van der Waals surface area contributed by atoms with Crippen LogP contribution < -0.4 is 10.9 Å². The minimum atomic E-state index is 0.